The van der Waals surface area contributed by atoms with Crippen LogP contribution in [-0.4, -0.2) is 12.2 Å². The molecule has 0 aliphatic rings. The molecular weight excluding hydrogens is 248 g/mol. The molecule has 0 aliphatic carbocycles. The Bertz CT molecular complexity index is 565. The number of ether oxygens (including phenoxy) is 1. The predicted molar refractivity (Wildman–Crippen MR) is 83.1 cm³/mol. The molecule has 104 valence electrons. The minimum Gasteiger partial charge on any atom is -0.508 e. The van der Waals surface area contributed by atoms with Crippen molar-refractivity contribution in [1.29, 1.82) is 0 Å². The number of aromatic hydroxyl groups is 1. The van der Waals surface area contributed by atoms with E-state index < -0.39 is 0 Å². The zero-order chi connectivity index (χ0) is 14.4. The third-order valence-corrected chi connectivity index (χ3v) is 3.27. The Morgan fingerprint density at radius 3 is 2.30 bits per heavy atom. The van der Waals surface area contributed by atoms with E-state index >= 15 is 0 Å². The SMILES string of the molecule is COc1ccc(C=C(C)CCc2ccc(O)cc2)cc1. The zero-order valence-electron chi connectivity index (χ0n) is 12.0. The largest absolute Gasteiger partial charge is 0.508 e. The van der Waals surface area contributed by atoms with Crippen molar-refractivity contribution >= 4 is 6.08 Å². The fourth-order valence-corrected chi connectivity index (χ4v) is 2.06. The molecule has 0 radical (unpaired) electrons. The molecule has 0 saturated carbocycles. The third-order valence-electron chi connectivity index (χ3n) is 3.27. The molecule has 0 amide bonds. The molecule has 0 bridgehead atoms. The summed E-state index contributed by atoms with van der Waals surface area (Å²) in [6.07, 6.45) is 4.19. The Labute approximate surface area is 120 Å². The minimum absolute atomic E-state index is 0.319. The first-order chi connectivity index (χ1) is 9.67. The van der Waals surface area contributed by atoms with Gasteiger partial charge in [-0.15, -0.1) is 0 Å². The second-order valence-electron chi connectivity index (χ2n) is 4.93. The van der Waals surface area contributed by atoms with Crippen LogP contribution >= 0.6 is 0 Å². The van der Waals surface area contributed by atoms with E-state index in [1.54, 1.807) is 19.2 Å². The summed E-state index contributed by atoms with van der Waals surface area (Å²) >= 11 is 0. The lowest BCUT2D eigenvalue weighted by atomic mass is 10.0. The summed E-state index contributed by atoms with van der Waals surface area (Å²) in [5, 5.41) is 9.25. The first-order valence-electron chi connectivity index (χ1n) is 6.76. The van der Waals surface area contributed by atoms with Crippen molar-refractivity contribution in [3.63, 3.8) is 0 Å². The van der Waals surface area contributed by atoms with E-state index in [2.05, 4.69) is 25.1 Å². The Balaban J connectivity index is 1.94. The number of phenolic OH excluding ortho intramolecular Hbond substituents is 1. The molecule has 2 rings (SSSR count). The molecular formula is C18H20O2. The molecule has 0 fully saturated rings. The van der Waals surface area contributed by atoms with Gasteiger partial charge in [0.05, 0.1) is 7.11 Å². The van der Waals surface area contributed by atoms with E-state index in [0.29, 0.717) is 5.75 Å². The standard InChI is InChI=1S/C18H20O2/c1-14(3-4-15-5-9-17(19)10-6-15)13-16-7-11-18(20-2)12-8-16/h5-13,19H,3-4H2,1-2H3. The van der Waals surface area contributed by atoms with Crippen molar-refractivity contribution in [1.82, 2.24) is 0 Å². The molecule has 0 spiro atoms. The topological polar surface area (TPSA) is 29.5 Å². The number of phenols is 1. The number of allylic oxidation sites excluding steroid dienone is 1. The summed E-state index contributed by atoms with van der Waals surface area (Å²) in [6, 6.07) is 15.5. The lowest BCUT2D eigenvalue weighted by Crippen LogP contribution is -1.87. The van der Waals surface area contributed by atoms with E-state index in [-0.39, 0.29) is 0 Å². The summed E-state index contributed by atoms with van der Waals surface area (Å²) in [5.41, 5.74) is 3.77. The molecule has 0 heterocycles. The van der Waals surface area contributed by atoms with Crippen molar-refractivity contribution in [2.45, 2.75) is 19.8 Å². The van der Waals surface area contributed by atoms with Gasteiger partial charge in [-0.25, -0.2) is 0 Å². The van der Waals surface area contributed by atoms with E-state index in [1.807, 2.05) is 24.3 Å². The number of hydrogen-bond acceptors (Lipinski definition) is 2. The molecule has 0 aliphatic heterocycles. The van der Waals surface area contributed by atoms with Gasteiger partial charge in [-0.2, -0.15) is 0 Å². The van der Waals surface area contributed by atoms with E-state index in [4.69, 9.17) is 4.74 Å². The van der Waals surface area contributed by atoms with Crippen LogP contribution in [0, 0.1) is 0 Å². The number of rotatable bonds is 5. The highest BCUT2D eigenvalue weighted by molar-refractivity contribution is 5.53. The van der Waals surface area contributed by atoms with Gasteiger partial charge in [0.2, 0.25) is 0 Å². The molecule has 0 unspecified atom stereocenters. The molecule has 0 atom stereocenters. The number of methoxy groups -OCH3 is 1. The van der Waals surface area contributed by atoms with Crippen LogP contribution in [0.2, 0.25) is 0 Å². The predicted octanol–water partition coefficient (Wildman–Crippen LogP) is 4.44. The van der Waals surface area contributed by atoms with Gasteiger partial charge in [0.15, 0.2) is 0 Å². The third kappa shape index (κ3) is 4.16. The maximum atomic E-state index is 9.25. The monoisotopic (exact) mass is 268 g/mol. The lowest BCUT2D eigenvalue weighted by molar-refractivity contribution is 0.415. The van der Waals surface area contributed by atoms with Crippen LogP contribution in [0.1, 0.15) is 24.5 Å². The van der Waals surface area contributed by atoms with Gasteiger partial charge in [-0.3, -0.25) is 0 Å². The summed E-state index contributed by atoms with van der Waals surface area (Å²) in [7, 11) is 1.67. The average molecular weight is 268 g/mol. The Kier molecular flexibility index (Phi) is 4.83. The van der Waals surface area contributed by atoms with Crippen LogP contribution in [0.25, 0.3) is 6.08 Å². The van der Waals surface area contributed by atoms with Crippen LogP contribution in [0.15, 0.2) is 54.1 Å². The number of aryl methyl sites for hydroxylation is 1. The highest BCUT2D eigenvalue weighted by Gasteiger charge is 1.97. The maximum Gasteiger partial charge on any atom is 0.118 e. The highest BCUT2D eigenvalue weighted by atomic mass is 16.5. The molecule has 2 aromatic rings. The number of benzene rings is 2. The van der Waals surface area contributed by atoms with E-state index in [0.717, 1.165) is 18.6 Å². The lowest BCUT2D eigenvalue weighted by Gasteiger charge is -2.04. The van der Waals surface area contributed by atoms with Gasteiger partial charge in [0, 0.05) is 0 Å². The van der Waals surface area contributed by atoms with Crippen molar-refractivity contribution in [2.75, 3.05) is 7.11 Å². The second kappa shape index (κ2) is 6.80. The van der Waals surface area contributed by atoms with Crippen LogP contribution in [0.3, 0.4) is 0 Å². The normalized spacial score (nSPS) is 11.4. The molecule has 2 aromatic carbocycles. The highest BCUT2D eigenvalue weighted by Crippen LogP contribution is 2.17. The quantitative estimate of drug-likeness (QED) is 0.868. The zero-order valence-corrected chi connectivity index (χ0v) is 12.0. The first-order valence-corrected chi connectivity index (χ1v) is 6.76. The molecule has 0 aromatic heterocycles. The average Bonchev–Trinajstić information content (AvgIpc) is 2.47. The van der Waals surface area contributed by atoms with Crippen LogP contribution in [0.5, 0.6) is 11.5 Å². The van der Waals surface area contributed by atoms with Crippen LogP contribution in [0.4, 0.5) is 0 Å². The molecule has 20 heavy (non-hydrogen) atoms. The summed E-state index contributed by atoms with van der Waals surface area (Å²) in [6.45, 7) is 2.14. The minimum atomic E-state index is 0.319. The van der Waals surface area contributed by atoms with Crippen LogP contribution in [-0.2, 0) is 6.42 Å². The molecule has 0 saturated heterocycles. The molecule has 1 N–H and O–H groups in total. The summed E-state index contributed by atoms with van der Waals surface area (Å²) < 4.78 is 5.15. The van der Waals surface area contributed by atoms with Gasteiger partial charge in [-0.1, -0.05) is 35.9 Å². The Morgan fingerprint density at radius 2 is 1.70 bits per heavy atom. The number of hydrogen-bond donors (Lipinski definition) is 1. The van der Waals surface area contributed by atoms with Gasteiger partial charge in [0.25, 0.3) is 0 Å². The molecule has 2 heteroatoms. The fraction of sp³-hybridized carbons (Fsp3) is 0.222. The van der Waals surface area contributed by atoms with Crippen molar-refractivity contribution in [3.05, 3.63) is 65.2 Å². The molecule has 2 nitrogen and oxygen atoms in total. The second-order valence-corrected chi connectivity index (χ2v) is 4.93. The van der Waals surface area contributed by atoms with Gasteiger partial charge < -0.3 is 9.84 Å². The summed E-state index contributed by atoms with van der Waals surface area (Å²) in [5.74, 6) is 1.20. The Morgan fingerprint density at radius 1 is 1.05 bits per heavy atom. The smallest absolute Gasteiger partial charge is 0.118 e. The van der Waals surface area contributed by atoms with Crippen LogP contribution < -0.4 is 4.74 Å². The maximum absolute atomic E-state index is 9.25. The van der Waals surface area contributed by atoms with Gasteiger partial charge >= 0.3 is 0 Å². The van der Waals surface area contributed by atoms with Crippen molar-refractivity contribution in [2.24, 2.45) is 0 Å². The van der Waals surface area contributed by atoms with E-state index in [1.165, 1.54) is 16.7 Å². The Hall–Kier alpha value is -2.22. The van der Waals surface area contributed by atoms with E-state index in [9.17, 15) is 5.11 Å². The van der Waals surface area contributed by atoms with Gasteiger partial charge in [0.1, 0.15) is 11.5 Å². The summed E-state index contributed by atoms with van der Waals surface area (Å²) in [4.78, 5) is 0. The first kappa shape index (κ1) is 14.2. The fourth-order valence-electron chi connectivity index (χ4n) is 2.06. The van der Waals surface area contributed by atoms with Crippen molar-refractivity contribution < 1.29 is 9.84 Å². The van der Waals surface area contributed by atoms with Gasteiger partial charge in [-0.05, 0) is 55.2 Å². The van der Waals surface area contributed by atoms with Crippen molar-refractivity contribution in [3.8, 4) is 11.5 Å².